The van der Waals surface area contributed by atoms with Crippen LogP contribution in [-0.4, -0.2) is 37.6 Å². The Hall–Kier alpha value is -4.58. The Labute approximate surface area is 260 Å². The van der Waals surface area contributed by atoms with Gasteiger partial charge >= 0.3 is 0 Å². The highest BCUT2D eigenvalue weighted by Crippen LogP contribution is 2.45. The van der Waals surface area contributed by atoms with Crippen molar-refractivity contribution in [2.75, 3.05) is 19.8 Å². The maximum Gasteiger partial charge on any atom is 0.258 e. The van der Waals surface area contributed by atoms with Gasteiger partial charge in [0.25, 0.3) is 11.8 Å². The first kappa shape index (κ1) is 30.9. The molecule has 0 aliphatic heterocycles. The van der Waals surface area contributed by atoms with Crippen LogP contribution in [0.4, 0.5) is 0 Å². The minimum atomic E-state index is -0.166. The molecule has 0 saturated heterocycles. The Balaban J connectivity index is 1.07. The zero-order chi connectivity index (χ0) is 31.0. The smallest absolute Gasteiger partial charge is 0.258 e. The van der Waals surface area contributed by atoms with Gasteiger partial charge in [-0.05, 0) is 76.6 Å². The average molecular weight is 591 g/mol. The lowest BCUT2D eigenvalue weighted by Crippen LogP contribution is -2.51. The van der Waals surface area contributed by atoms with E-state index in [4.69, 9.17) is 9.47 Å². The van der Waals surface area contributed by atoms with Gasteiger partial charge in [0.1, 0.15) is 11.5 Å². The topological polar surface area (TPSA) is 76.7 Å². The maximum absolute atomic E-state index is 12.9. The number of hydrogen-bond acceptors (Lipinski definition) is 4. The molecule has 6 heteroatoms. The van der Waals surface area contributed by atoms with Crippen molar-refractivity contribution in [2.45, 2.75) is 46.1 Å². The van der Waals surface area contributed by atoms with Crippen LogP contribution in [0.5, 0.6) is 11.5 Å². The van der Waals surface area contributed by atoms with E-state index in [1.54, 1.807) is 0 Å². The molecule has 228 valence electrons. The van der Waals surface area contributed by atoms with Crippen LogP contribution in [0.3, 0.4) is 0 Å². The van der Waals surface area contributed by atoms with Crippen LogP contribution in [0.1, 0.15) is 40.0 Å². The zero-order valence-electron chi connectivity index (χ0n) is 25.8. The highest BCUT2D eigenvalue weighted by molar-refractivity contribution is 5.78. The summed E-state index contributed by atoms with van der Waals surface area (Å²) in [7, 11) is 0. The van der Waals surface area contributed by atoms with E-state index in [2.05, 4.69) is 55.7 Å². The van der Waals surface area contributed by atoms with Crippen LogP contribution >= 0.6 is 0 Å². The number of ether oxygens (including phenoxy) is 2. The van der Waals surface area contributed by atoms with Gasteiger partial charge in [-0.3, -0.25) is 9.59 Å². The van der Waals surface area contributed by atoms with E-state index < -0.39 is 0 Å². The lowest BCUT2D eigenvalue weighted by molar-refractivity contribution is -0.126. The summed E-state index contributed by atoms with van der Waals surface area (Å²) in [4.78, 5) is 25.6. The average Bonchev–Trinajstić information content (AvgIpc) is 3.02. The molecule has 1 aliphatic carbocycles. The molecule has 0 radical (unpaired) electrons. The third-order valence-electron chi connectivity index (χ3n) is 8.18. The standard InChI is InChI=1S/C38H42N2O4/c1-37(2)22-32(40-36(42)25-44-34-20-16-31(17-21-34)29-12-8-5-9-13-29)23-38(3,26-37)27-39-35(41)24-43-33-18-14-30(15-19-33)28-10-6-4-7-11-28/h4-21,32H,22-27H2,1-3H3,(H,39,41)(H,40,42)/t32-,38+/m1/s1. The molecule has 2 amide bonds. The highest BCUT2D eigenvalue weighted by atomic mass is 16.5. The molecule has 1 aliphatic rings. The van der Waals surface area contributed by atoms with Gasteiger partial charge in [0.15, 0.2) is 13.2 Å². The molecular weight excluding hydrogens is 548 g/mol. The first-order chi connectivity index (χ1) is 21.2. The molecule has 0 aromatic heterocycles. The molecule has 0 unspecified atom stereocenters. The van der Waals surface area contributed by atoms with Gasteiger partial charge in [-0.1, -0.05) is 106 Å². The number of benzene rings is 4. The molecule has 2 N–H and O–H groups in total. The van der Waals surface area contributed by atoms with E-state index in [1.807, 2.05) is 84.9 Å². The molecule has 1 fully saturated rings. The molecule has 4 aromatic rings. The van der Waals surface area contributed by atoms with Crippen molar-refractivity contribution in [3.63, 3.8) is 0 Å². The summed E-state index contributed by atoms with van der Waals surface area (Å²) >= 11 is 0. The highest BCUT2D eigenvalue weighted by Gasteiger charge is 2.41. The maximum atomic E-state index is 12.9. The van der Waals surface area contributed by atoms with Crippen LogP contribution in [0.25, 0.3) is 22.3 Å². The second kappa shape index (κ2) is 13.8. The first-order valence-corrected chi connectivity index (χ1v) is 15.3. The van der Waals surface area contributed by atoms with Crippen LogP contribution in [-0.2, 0) is 9.59 Å². The number of carbonyl (C=O) groups excluding carboxylic acids is 2. The summed E-state index contributed by atoms with van der Waals surface area (Å²) < 4.78 is 11.5. The Bertz CT molecular complexity index is 1520. The molecule has 0 heterocycles. The fraction of sp³-hybridized carbons (Fsp3) is 0.316. The molecule has 0 spiro atoms. The summed E-state index contributed by atoms with van der Waals surface area (Å²) in [6.45, 7) is 7.05. The van der Waals surface area contributed by atoms with E-state index in [-0.39, 0.29) is 41.9 Å². The van der Waals surface area contributed by atoms with Gasteiger partial charge in [-0.15, -0.1) is 0 Å². The molecule has 6 nitrogen and oxygen atoms in total. The Morgan fingerprint density at radius 2 is 1.09 bits per heavy atom. The van der Waals surface area contributed by atoms with E-state index >= 15 is 0 Å². The summed E-state index contributed by atoms with van der Waals surface area (Å²) in [6.07, 6.45) is 2.59. The SMILES string of the molecule is CC1(C)C[C@@H](NC(=O)COc2ccc(-c3ccccc3)cc2)C[C@](C)(CNC(=O)COc2ccc(-c3ccccc3)cc2)C1. The summed E-state index contributed by atoms with van der Waals surface area (Å²) in [5.74, 6) is 1.01. The Kier molecular flexibility index (Phi) is 9.69. The van der Waals surface area contributed by atoms with Crippen molar-refractivity contribution in [1.82, 2.24) is 10.6 Å². The van der Waals surface area contributed by atoms with E-state index in [1.165, 1.54) is 0 Å². The van der Waals surface area contributed by atoms with E-state index in [0.29, 0.717) is 18.0 Å². The molecule has 4 aromatic carbocycles. The summed E-state index contributed by atoms with van der Waals surface area (Å²) in [5.41, 5.74) is 4.32. The number of hydrogen-bond donors (Lipinski definition) is 2. The van der Waals surface area contributed by atoms with Crippen LogP contribution in [0.15, 0.2) is 109 Å². The van der Waals surface area contributed by atoms with Crippen LogP contribution in [0, 0.1) is 10.8 Å². The van der Waals surface area contributed by atoms with Crippen LogP contribution in [0.2, 0.25) is 0 Å². The lowest BCUT2D eigenvalue weighted by atomic mass is 9.62. The summed E-state index contributed by atoms with van der Waals surface area (Å²) in [6, 6.07) is 35.8. The number of amides is 2. The molecule has 0 bridgehead atoms. The van der Waals surface area contributed by atoms with Crippen molar-refractivity contribution in [1.29, 1.82) is 0 Å². The van der Waals surface area contributed by atoms with Crippen molar-refractivity contribution >= 4 is 11.8 Å². The van der Waals surface area contributed by atoms with Gasteiger partial charge in [-0.25, -0.2) is 0 Å². The lowest BCUT2D eigenvalue weighted by Gasteiger charge is -2.47. The second-order valence-electron chi connectivity index (χ2n) is 13.0. The first-order valence-electron chi connectivity index (χ1n) is 15.3. The normalized spacial score (nSPS) is 19.0. The molecule has 44 heavy (non-hydrogen) atoms. The predicted octanol–water partition coefficient (Wildman–Crippen LogP) is 7.30. The Morgan fingerprint density at radius 3 is 1.59 bits per heavy atom. The Morgan fingerprint density at radius 1 is 0.636 bits per heavy atom. The van der Waals surface area contributed by atoms with Gasteiger partial charge in [-0.2, -0.15) is 0 Å². The van der Waals surface area contributed by atoms with Crippen molar-refractivity contribution in [2.24, 2.45) is 10.8 Å². The number of rotatable bonds is 11. The van der Waals surface area contributed by atoms with Crippen molar-refractivity contribution < 1.29 is 19.1 Å². The number of carbonyl (C=O) groups is 2. The zero-order valence-corrected chi connectivity index (χ0v) is 25.8. The third-order valence-corrected chi connectivity index (χ3v) is 8.18. The molecule has 2 atom stereocenters. The van der Waals surface area contributed by atoms with Crippen LogP contribution < -0.4 is 20.1 Å². The third kappa shape index (κ3) is 8.73. The second-order valence-corrected chi connectivity index (χ2v) is 13.0. The molecule has 5 rings (SSSR count). The van der Waals surface area contributed by atoms with Gasteiger partial charge in [0.05, 0.1) is 0 Å². The molecular formula is C38H42N2O4. The largest absolute Gasteiger partial charge is 0.484 e. The minimum Gasteiger partial charge on any atom is -0.484 e. The van der Waals surface area contributed by atoms with Gasteiger partial charge in [0, 0.05) is 12.6 Å². The predicted molar refractivity (Wildman–Crippen MR) is 175 cm³/mol. The van der Waals surface area contributed by atoms with E-state index in [9.17, 15) is 9.59 Å². The monoisotopic (exact) mass is 590 g/mol. The number of nitrogens with one attached hydrogen (secondary N) is 2. The van der Waals surface area contributed by atoms with Gasteiger partial charge in [0.2, 0.25) is 0 Å². The fourth-order valence-electron chi connectivity index (χ4n) is 6.55. The van der Waals surface area contributed by atoms with E-state index in [0.717, 1.165) is 41.5 Å². The fourth-order valence-corrected chi connectivity index (χ4v) is 6.55. The van der Waals surface area contributed by atoms with Crippen molar-refractivity contribution in [3.8, 4) is 33.8 Å². The quantitative estimate of drug-likeness (QED) is 0.192. The summed E-state index contributed by atoms with van der Waals surface area (Å²) in [5, 5.41) is 6.26. The van der Waals surface area contributed by atoms with Gasteiger partial charge < -0.3 is 20.1 Å². The van der Waals surface area contributed by atoms with Crippen molar-refractivity contribution in [3.05, 3.63) is 109 Å². The minimum absolute atomic E-state index is 0.00316. The molecule has 1 saturated carbocycles.